The molecule has 31 heavy (non-hydrogen) atoms. The van der Waals surface area contributed by atoms with E-state index in [1.807, 2.05) is 13.8 Å². The van der Waals surface area contributed by atoms with Gasteiger partial charge >= 0.3 is 6.18 Å². The Balaban J connectivity index is 1.97. The molecule has 168 valence electrons. The molecule has 2 rings (SSSR count). The van der Waals surface area contributed by atoms with E-state index in [0.717, 1.165) is 17.7 Å². The number of nitrogens with one attached hydrogen (secondary N) is 2. The van der Waals surface area contributed by atoms with Crippen molar-refractivity contribution in [3.63, 3.8) is 0 Å². The third-order valence-electron chi connectivity index (χ3n) is 4.76. The van der Waals surface area contributed by atoms with Crippen molar-refractivity contribution in [3.05, 3.63) is 70.5 Å². The number of carbonyl (C=O) groups is 1. The Morgan fingerprint density at radius 1 is 1.00 bits per heavy atom. The minimum atomic E-state index is -4.65. The minimum absolute atomic E-state index is 0.0400. The Labute approximate surface area is 179 Å². The first-order valence-electron chi connectivity index (χ1n) is 9.87. The Morgan fingerprint density at radius 3 is 2.16 bits per heavy atom. The number of hydrogen-bond acceptors (Lipinski definition) is 2. The van der Waals surface area contributed by atoms with Gasteiger partial charge in [-0.3, -0.25) is 9.79 Å². The zero-order chi connectivity index (χ0) is 23.0. The summed E-state index contributed by atoms with van der Waals surface area (Å²) in [4.78, 5) is 18.1. The van der Waals surface area contributed by atoms with E-state index in [2.05, 4.69) is 15.6 Å². The molecule has 0 radical (unpaired) electrons. The number of benzene rings is 2. The van der Waals surface area contributed by atoms with Gasteiger partial charge in [0, 0.05) is 38.8 Å². The number of amides is 1. The molecule has 0 aliphatic rings. The van der Waals surface area contributed by atoms with E-state index in [-0.39, 0.29) is 18.0 Å². The predicted octanol–water partition coefficient (Wildman–Crippen LogP) is 4.19. The Bertz CT molecular complexity index is 907. The van der Waals surface area contributed by atoms with E-state index in [0.29, 0.717) is 37.2 Å². The van der Waals surface area contributed by atoms with Crippen LogP contribution in [0.25, 0.3) is 0 Å². The summed E-state index contributed by atoms with van der Waals surface area (Å²) in [5.74, 6) is -0.691. The molecule has 0 fully saturated rings. The van der Waals surface area contributed by atoms with Gasteiger partial charge in [-0.05, 0) is 49.2 Å². The van der Waals surface area contributed by atoms with Crippen molar-refractivity contribution in [3.8, 4) is 0 Å². The molecule has 9 heteroatoms. The molecular weight excluding hydrogens is 412 g/mol. The molecule has 5 nitrogen and oxygen atoms in total. The number of hydrogen-bond donors (Lipinski definition) is 2. The summed E-state index contributed by atoms with van der Waals surface area (Å²) in [6.45, 7) is 5.28. The van der Waals surface area contributed by atoms with Gasteiger partial charge in [0.1, 0.15) is 5.82 Å². The second-order valence-corrected chi connectivity index (χ2v) is 6.75. The van der Waals surface area contributed by atoms with E-state index in [4.69, 9.17) is 0 Å². The summed E-state index contributed by atoms with van der Waals surface area (Å²) >= 11 is 0. The van der Waals surface area contributed by atoms with E-state index in [1.165, 1.54) is 7.05 Å². The molecule has 0 bridgehead atoms. The number of aliphatic imine (C=N–C) groups is 1. The third kappa shape index (κ3) is 6.70. The first kappa shape index (κ1) is 24.2. The summed E-state index contributed by atoms with van der Waals surface area (Å²) < 4.78 is 52.6. The zero-order valence-electron chi connectivity index (χ0n) is 17.7. The van der Waals surface area contributed by atoms with Crippen molar-refractivity contribution in [2.24, 2.45) is 4.99 Å². The highest BCUT2D eigenvalue weighted by molar-refractivity contribution is 5.94. The van der Waals surface area contributed by atoms with Gasteiger partial charge in [-0.25, -0.2) is 4.39 Å². The molecule has 0 saturated carbocycles. The average Bonchev–Trinajstić information content (AvgIpc) is 2.75. The summed E-state index contributed by atoms with van der Waals surface area (Å²) in [5.41, 5.74) is 0.350. The standard InChI is InChI=1S/C22H26F4N4O/c1-4-30(5-2)20(31)16-8-6-15(7-9-16)13-28-21(27-3)29-14-17-10-11-18(23)12-19(17)22(24,25)26/h6-12H,4-5,13-14H2,1-3H3,(H2,27,28,29). The highest BCUT2D eigenvalue weighted by Gasteiger charge is 2.33. The molecule has 0 atom stereocenters. The number of guanidine groups is 1. The second-order valence-electron chi connectivity index (χ2n) is 6.75. The van der Waals surface area contributed by atoms with Gasteiger partial charge in [0.25, 0.3) is 5.91 Å². The van der Waals surface area contributed by atoms with Gasteiger partial charge in [0.05, 0.1) is 5.56 Å². The van der Waals surface area contributed by atoms with E-state index in [1.54, 1.807) is 29.2 Å². The van der Waals surface area contributed by atoms with Gasteiger partial charge < -0.3 is 15.5 Å². The Kier molecular flexibility index (Phi) is 8.41. The zero-order valence-corrected chi connectivity index (χ0v) is 17.7. The predicted molar refractivity (Wildman–Crippen MR) is 112 cm³/mol. The molecule has 0 aliphatic heterocycles. The lowest BCUT2D eigenvalue weighted by Crippen LogP contribution is -2.36. The summed E-state index contributed by atoms with van der Waals surface area (Å²) in [6, 6.07) is 9.66. The molecule has 0 aliphatic carbocycles. The molecule has 2 N–H and O–H groups in total. The van der Waals surface area contributed by atoms with Gasteiger partial charge in [-0.1, -0.05) is 18.2 Å². The number of rotatable bonds is 7. The van der Waals surface area contributed by atoms with Crippen molar-refractivity contribution >= 4 is 11.9 Å². The maximum Gasteiger partial charge on any atom is 0.416 e. The van der Waals surface area contributed by atoms with Crippen LogP contribution in [0.3, 0.4) is 0 Å². The third-order valence-corrected chi connectivity index (χ3v) is 4.76. The van der Waals surface area contributed by atoms with Crippen LogP contribution in [0.4, 0.5) is 17.6 Å². The summed E-state index contributed by atoms with van der Waals surface area (Å²) in [6.07, 6.45) is -4.65. The van der Waals surface area contributed by atoms with Crippen LogP contribution < -0.4 is 10.6 Å². The lowest BCUT2D eigenvalue weighted by Gasteiger charge is -2.19. The largest absolute Gasteiger partial charge is 0.416 e. The van der Waals surface area contributed by atoms with Crippen LogP contribution in [-0.2, 0) is 19.3 Å². The van der Waals surface area contributed by atoms with Crippen LogP contribution >= 0.6 is 0 Å². The fourth-order valence-electron chi connectivity index (χ4n) is 3.01. The van der Waals surface area contributed by atoms with Crippen LogP contribution in [0.2, 0.25) is 0 Å². The lowest BCUT2D eigenvalue weighted by atomic mass is 10.1. The molecular formula is C22H26F4N4O. The number of carbonyl (C=O) groups excluding carboxylic acids is 1. The number of alkyl halides is 3. The van der Waals surface area contributed by atoms with Crippen LogP contribution in [0.1, 0.15) is 40.9 Å². The maximum atomic E-state index is 13.2. The topological polar surface area (TPSA) is 56.7 Å². The van der Waals surface area contributed by atoms with Gasteiger partial charge in [0.15, 0.2) is 5.96 Å². The molecule has 0 unspecified atom stereocenters. The molecule has 2 aromatic rings. The maximum absolute atomic E-state index is 13.2. The average molecular weight is 438 g/mol. The van der Waals surface area contributed by atoms with Crippen LogP contribution in [-0.4, -0.2) is 36.9 Å². The molecule has 0 spiro atoms. The van der Waals surface area contributed by atoms with Crippen molar-refractivity contribution in [1.29, 1.82) is 0 Å². The van der Waals surface area contributed by atoms with E-state index in [9.17, 15) is 22.4 Å². The first-order valence-corrected chi connectivity index (χ1v) is 9.87. The lowest BCUT2D eigenvalue weighted by molar-refractivity contribution is -0.138. The monoisotopic (exact) mass is 438 g/mol. The number of nitrogens with zero attached hydrogens (tertiary/aromatic N) is 2. The highest BCUT2D eigenvalue weighted by Crippen LogP contribution is 2.32. The van der Waals surface area contributed by atoms with Crippen molar-refractivity contribution < 1.29 is 22.4 Å². The first-order chi connectivity index (χ1) is 14.7. The molecule has 0 heterocycles. The molecule has 0 saturated heterocycles. The summed E-state index contributed by atoms with van der Waals surface area (Å²) in [7, 11) is 1.50. The van der Waals surface area contributed by atoms with Crippen LogP contribution in [0, 0.1) is 5.82 Å². The van der Waals surface area contributed by atoms with E-state index >= 15 is 0 Å². The van der Waals surface area contributed by atoms with Crippen LogP contribution in [0.15, 0.2) is 47.5 Å². The molecule has 0 aromatic heterocycles. The van der Waals surface area contributed by atoms with Crippen molar-refractivity contribution in [2.75, 3.05) is 20.1 Å². The second kappa shape index (κ2) is 10.8. The Hall–Kier alpha value is -3.10. The minimum Gasteiger partial charge on any atom is -0.352 e. The number of halogens is 4. The fraction of sp³-hybridized carbons (Fsp3) is 0.364. The smallest absolute Gasteiger partial charge is 0.352 e. The SMILES string of the molecule is CCN(CC)C(=O)c1ccc(CNC(=NC)NCc2ccc(F)cc2C(F)(F)F)cc1. The van der Waals surface area contributed by atoms with Gasteiger partial charge in [-0.2, -0.15) is 13.2 Å². The molecule has 2 aromatic carbocycles. The fourth-order valence-corrected chi connectivity index (χ4v) is 3.01. The normalized spacial score (nSPS) is 11.9. The van der Waals surface area contributed by atoms with Crippen LogP contribution in [0.5, 0.6) is 0 Å². The van der Waals surface area contributed by atoms with Gasteiger partial charge in [-0.15, -0.1) is 0 Å². The van der Waals surface area contributed by atoms with Crippen molar-refractivity contribution in [2.45, 2.75) is 33.1 Å². The quantitative estimate of drug-likeness (QED) is 0.387. The highest BCUT2D eigenvalue weighted by atomic mass is 19.4. The van der Waals surface area contributed by atoms with Gasteiger partial charge in [0.2, 0.25) is 0 Å². The Morgan fingerprint density at radius 2 is 1.61 bits per heavy atom. The molecule has 1 amide bonds. The van der Waals surface area contributed by atoms with Crippen molar-refractivity contribution in [1.82, 2.24) is 15.5 Å². The summed E-state index contributed by atoms with van der Waals surface area (Å²) in [5, 5.41) is 5.81. The van der Waals surface area contributed by atoms with E-state index < -0.39 is 17.6 Å².